The Morgan fingerprint density at radius 3 is 2.44 bits per heavy atom. The van der Waals surface area contributed by atoms with Crippen LogP contribution in [0.5, 0.6) is 5.75 Å². The monoisotopic (exact) mass is 489 g/mol. The van der Waals surface area contributed by atoms with Crippen LogP contribution in [0.25, 0.3) is 0 Å². The molecule has 2 rings (SSSR count). The molecular formula is C21H36IN3O2. The third-order valence-corrected chi connectivity index (χ3v) is 5.35. The number of nitrogens with zero attached hydrogens (tertiary/aromatic N) is 2. The molecule has 1 saturated heterocycles. The second-order valence-corrected chi connectivity index (χ2v) is 7.78. The molecular weight excluding hydrogens is 453 g/mol. The van der Waals surface area contributed by atoms with Crippen LogP contribution < -0.4 is 10.1 Å². The molecule has 1 aromatic rings. The molecule has 0 aromatic heterocycles. The van der Waals surface area contributed by atoms with E-state index in [0.29, 0.717) is 0 Å². The lowest BCUT2D eigenvalue weighted by atomic mass is 9.84. The summed E-state index contributed by atoms with van der Waals surface area (Å²) in [5, 5.41) is 3.54. The highest BCUT2D eigenvalue weighted by Crippen LogP contribution is 2.24. The summed E-state index contributed by atoms with van der Waals surface area (Å²) in [6.07, 6.45) is 3.57. The first kappa shape index (κ1) is 24.0. The fourth-order valence-corrected chi connectivity index (χ4v) is 3.35. The topological polar surface area (TPSA) is 46.1 Å². The summed E-state index contributed by atoms with van der Waals surface area (Å²) in [7, 11) is 5.67. The first-order valence-electron chi connectivity index (χ1n) is 9.60. The number of halogens is 1. The van der Waals surface area contributed by atoms with Crippen LogP contribution in [0.1, 0.15) is 38.7 Å². The van der Waals surface area contributed by atoms with Crippen molar-refractivity contribution in [2.75, 3.05) is 47.5 Å². The molecule has 0 bridgehead atoms. The summed E-state index contributed by atoms with van der Waals surface area (Å²) in [6.45, 7) is 8.17. The summed E-state index contributed by atoms with van der Waals surface area (Å²) in [6, 6.07) is 8.31. The van der Waals surface area contributed by atoms with Crippen LogP contribution in [0.3, 0.4) is 0 Å². The standard InChI is InChI=1S/C21H35N3O2.HI/c1-21(2,18-6-8-19(25-5)9-7-18)16-23-20(22-3)24(4)13-10-17-11-14-26-15-12-17;/h6-9,17H,10-16H2,1-5H3,(H,22,23);1H. The van der Waals surface area contributed by atoms with Crippen molar-refractivity contribution in [3.8, 4) is 5.75 Å². The third-order valence-electron chi connectivity index (χ3n) is 5.35. The van der Waals surface area contributed by atoms with Crippen LogP contribution in [-0.2, 0) is 10.2 Å². The van der Waals surface area contributed by atoms with E-state index in [9.17, 15) is 0 Å². The molecule has 27 heavy (non-hydrogen) atoms. The maximum absolute atomic E-state index is 5.45. The molecule has 1 aromatic carbocycles. The lowest BCUT2D eigenvalue weighted by molar-refractivity contribution is 0.0625. The number of hydrogen-bond donors (Lipinski definition) is 1. The predicted octanol–water partition coefficient (Wildman–Crippen LogP) is 3.91. The zero-order chi connectivity index (χ0) is 19.0. The minimum Gasteiger partial charge on any atom is -0.497 e. The molecule has 6 heteroatoms. The van der Waals surface area contributed by atoms with Gasteiger partial charge in [0, 0.05) is 45.8 Å². The summed E-state index contributed by atoms with van der Waals surface area (Å²) in [5.74, 6) is 2.62. The highest BCUT2D eigenvalue weighted by Gasteiger charge is 2.22. The molecule has 1 N–H and O–H groups in total. The summed E-state index contributed by atoms with van der Waals surface area (Å²) in [5.41, 5.74) is 1.29. The molecule has 1 heterocycles. The number of benzene rings is 1. The van der Waals surface area contributed by atoms with Crippen molar-refractivity contribution in [2.24, 2.45) is 10.9 Å². The van der Waals surface area contributed by atoms with E-state index in [0.717, 1.165) is 43.9 Å². The highest BCUT2D eigenvalue weighted by atomic mass is 127. The number of hydrogen-bond acceptors (Lipinski definition) is 3. The number of guanidine groups is 1. The van der Waals surface area contributed by atoms with Gasteiger partial charge < -0.3 is 19.7 Å². The minimum absolute atomic E-state index is 0. The van der Waals surface area contributed by atoms with Crippen molar-refractivity contribution in [3.63, 3.8) is 0 Å². The van der Waals surface area contributed by atoms with E-state index >= 15 is 0 Å². The Bertz CT molecular complexity index is 569. The molecule has 154 valence electrons. The van der Waals surface area contributed by atoms with Crippen molar-refractivity contribution in [1.29, 1.82) is 0 Å². The normalized spacial score (nSPS) is 15.8. The molecule has 5 nitrogen and oxygen atoms in total. The summed E-state index contributed by atoms with van der Waals surface area (Å²) < 4.78 is 10.7. The Balaban J connectivity index is 0.00000364. The smallest absolute Gasteiger partial charge is 0.193 e. The number of nitrogens with one attached hydrogen (secondary N) is 1. The van der Waals surface area contributed by atoms with Gasteiger partial charge in [-0.1, -0.05) is 26.0 Å². The van der Waals surface area contributed by atoms with E-state index in [4.69, 9.17) is 9.47 Å². The van der Waals surface area contributed by atoms with Crippen molar-refractivity contribution >= 4 is 29.9 Å². The Kier molecular flexibility index (Phi) is 10.4. The van der Waals surface area contributed by atoms with Crippen LogP contribution >= 0.6 is 24.0 Å². The van der Waals surface area contributed by atoms with E-state index in [2.05, 4.69) is 48.2 Å². The van der Waals surface area contributed by atoms with Gasteiger partial charge in [0.15, 0.2) is 5.96 Å². The van der Waals surface area contributed by atoms with Gasteiger partial charge in [-0.2, -0.15) is 0 Å². The summed E-state index contributed by atoms with van der Waals surface area (Å²) >= 11 is 0. The minimum atomic E-state index is 0. The lowest BCUT2D eigenvalue weighted by Crippen LogP contribution is -2.44. The SMILES string of the molecule is CN=C(NCC(C)(C)c1ccc(OC)cc1)N(C)CCC1CCOCC1.I. The van der Waals surface area contributed by atoms with E-state index in [-0.39, 0.29) is 29.4 Å². The molecule has 1 fully saturated rings. The maximum atomic E-state index is 5.45. The third kappa shape index (κ3) is 7.49. The van der Waals surface area contributed by atoms with Gasteiger partial charge in [-0.15, -0.1) is 24.0 Å². The van der Waals surface area contributed by atoms with E-state index in [1.807, 2.05) is 19.2 Å². The van der Waals surface area contributed by atoms with Gasteiger partial charge in [0.25, 0.3) is 0 Å². The van der Waals surface area contributed by atoms with Crippen molar-refractivity contribution in [1.82, 2.24) is 10.2 Å². The number of rotatable bonds is 7. The first-order chi connectivity index (χ1) is 12.5. The van der Waals surface area contributed by atoms with Crippen molar-refractivity contribution in [3.05, 3.63) is 29.8 Å². The molecule has 1 aliphatic rings. The average molecular weight is 489 g/mol. The van der Waals surface area contributed by atoms with Crippen molar-refractivity contribution in [2.45, 2.75) is 38.5 Å². The molecule has 0 unspecified atom stereocenters. The molecule has 0 saturated carbocycles. The summed E-state index contributed by atoms with van der Waals surface area (Å²) in [4.78, 5) is 6.70. The van der Waals surface area contributed by atoms with Gasteiger partial charge in [-0.05, 0) is 42.9 Å². The van der Waals surface area contributed by atoms with Gasteiger partial charge in [0.05, 0.1) is 7.11 Å². The van der Waals surface area contributed by atoms with Crippen LogP contribution in [0.2, 0.25) is 0 Å². The first-order valence-corrected chi connectivity index (χ1v) is 9.60. The molecule has 0 atom stereocenters. The van der Waals surface area contributed by atoms with E-state index < -0.39 is 0 Å². The maximum Gasteiger partial charge on any atom is 0.193 e. The number of methoxy groups -OCH3 is 1. The molecule has 0 aliphatic carbocycles. The Labute approximate surface area is 181 Å². The largest absolute Gasteiger partial charge is 0.497 e. The molecule has 0 spiro atoms. The molecule has 0 amide bonds. The predicted molar refractivity (Wildman–Crippen MR) is 124 cm³/mol. The van der Waals surface area contributed by atoms with Gasteiger partial charge in [-0.3, -0.25) is 4.99 Å². The quantitative estimate of drug-likeness (QED) is 0.359. The van der Waals surface area contributed by atoms with Gasteiger partial charge in [0.1, 0.15) is 5.75 Å². The molecule has 1 aliphatic heterocycles. The average Bonchev–Trinajstić information content (AvgIpc) is 2.67. The van der Waals surface area contributed by atoms with Gasteiger partial charge >= 0.3 is 0 Å². The second-order valence-electron chi connectivity index (χ2n) is 7.78. The number of ether oxygens (including phenoxy) is 2. The lowest BCUT2D eigenvalue weighted by Gasteiger charge is -2.30. The second kappa shape index (κ2) is 11.7. The van der Waals surface area contributed by atoms with Crippen molar-refractivity contribution < 1.29 is 9.47 Å². The highest BCUT2D eigenvalue weighted by molar-refractivity contribution is 14.0. The van der Waals surface area contributed by atoms with E-state index in [1.54, 1.807) is 7.11 Å². The van der Waals surface area contributed by atoms with E-state index in [1.165, 1.54) is 24.8 Å². The number of aliphatic imine (C=N–C) groups is 1. The zero-order valence-corrected chi connectivity index (χ0v) is 19.8. The fourth-order valence-electron chi connectivity index (χ4n) is 3.35. The van der Waals surface area contributed by atoms with Gasteiger partial charge in [0.2, 0.25) is 0 Å². The Morgan fingerprint density at radius 1 is 1.26 bits per heavy atom. The van der Waals surface area contributed by atoms with Crippen LogP contribution in [0, 0.1) is 5.92 Å². The Hall–Kier alpha value is -1.02. The zero-order valence-electron chi connectivity index (χ0n) is 17.5. The van der Waals surface area contributed by atoms with Gasteiger partial charge in [-0.25, -0.2) is 0 Å². The Morgan fingerprint density at radius 2 is 1.89 bits per heavy atom. The van der Waals surface area contributed by atoms with Crippen LogP contribution in [0.15, 0.2) is 29.3 Å². The molecule has 0 radical (unpaired) electrons. The fraction of sp³-hybridized carbons (Fsp3) is 0.667. The van der Waals surface area contributed by atoms with Crippen LogP contribution in [-0.4, -0.2) is 58.4 Å². The van der Waals surface area contributed by atoms with Crippen LogP contribution in [0.4, 0.5) is 0 Å².